The minimum absolute atomic E-state index is 0.0374. The number of nitrogens with zero attached hydrogens (tertiary/aromatic N) is 1. The van der Waals surface area contributed by atoms with Crippen molar-refractivity contribution in [2.75, 3.05) is 19.9 Å². The number of likely N-dealkylation sites (tertiary alicyclic amines) is 1. The van der Waals surface area contributed by atoms with Gasteiger partial charge in [-0.3, -0.25) is 4.79 Å². The van der Waals surface area contributed by atoms with Crippen LogP contribution in [0.25, 0.3) is 0 Å². The average molecular weight is 390 g/mol. The highest BCUT2D eigenvalue weighted by Gasteiger charge is 2.35. The lowest BCUT2D eigenvalue weighted by molar-refractivity contribution is -0.133. The van der Waals surface area contributed by atoms with Gasteiger partial charge < -0.3 is 24.4 Å². The van der Waals surface area contributed by atoms with Gasteiger partial charge >= 0.3 is 6.09 Å². The molecule has 2 aliphatic heterocycles. The molecular weight excluding hydrogens is 360 g/mol. The zero-order valence-electron chi connectivity index (χ0n) is 17.3. The first kappa shape index (κ1) is 20.3. The minimum Gasteiger partial charge on any atom is -0.454 e. The van der Waals surface area contributed by atoms with E-state index in [1.807, 2.05) is 36.9 Å². The Bertz CT molecular complexity index is 741. The van der Waals surface area contributed by atoms with Gasteiger partial charge in [-0.25, -0.2) is 4.79 Å². The third-order valence-electron chi connectivity index (χ3n) is 4.97. The van der Waals surface area contributed by atoms with Crippen molar-refractivity contribution in [1.82, 2.24) is 10.2 Å². The minimum atomic E-state index is -0.606. The Kier molecular flexibility index (Phi) is 5.72. The third kappa shape index (κ3) is 4.69. The van der Waals surface area contributed by atoms with Crippen molar-refractivity contribution in [3.05, 3.63) is 23.8 Å². The van der Waals surface area contributed by atoms with Crippen molar-refractivity contribution in [3.8, 4) is 11.5 Å². The Morgan fingerprint density at radius 2 is 1.93 bits per heavy atom. The van der Waals surface area contributed by atoms with Crippen LogP contribution in [0.3, 0.4) is 0 Å². The lowest BCUT2D eigenvalue weighted by Gasteiger charge is -2.28. The topological polar surface area (TPSA) is 77.1 Å². The van der Waals surface area contributed by atoms with Crippen molar-refractivity contribution < 1.29 is 23.8 Å². The highest BCUT2D eigenvalue weighted by atomic mass is 16.7. The van der Waals surface area contributed by atoms with Gasteiger partial charge in [0.05, 0.1) is 0 Å². The third-order valence-corrected chi connectivity index (χ3v) is 4.97. The highest BCUT2D eigenvalue weighted by Crippen LogP contribution is 2.37. The molecule has 2 atom stereocenters. The van der Waals surface area contributed by atoms with Crippen LogP contribution in [0.1, 0.15) is 52.5 Å². The second-order valence-corrected chi connectivity index (χ2v) is 8.75. The lowest BCUT2D eigenvalue weighted by atomic mass is 9.98. The Morgan fingerprint density at radius 3 is 2.61 bits per heavy atom. The summed E-state index contributed by atoms with van der Waals surface area (Å²) in [7, 11) is 0. The van der Waals surface area contributed by atoms with Crippen LogP contribution in [0, 0.1) is 5.92 Å². The monoisotopic (exact) mass is 390 g/mol. The molecule has 1 fully saturated rings. The summed E-state index contributed by atoms with van der Waals surface area (Å²) in [5, 5.41) is 2.75. The number of carbonyl (C=O) groups excluding carboxylic acids is 2. The van der Waals surface area contributed by atoms with E-state index in [1.165, 1.54) is 0 Å². The summed E-state index contributed by atoms with van der Waals surface area (Å²) in [5.41, 5.74) is 0.535. The molecular formula is C21H30N2O5. The van der Waals surface area contributed by atoms with Gasteiger partial charge in [0.2, 0.25) is 12.7 Å². The summed E-state index contributed by atoms with van der Waals surface area (Å²) in [6.45, 7) is 10.8. The smallest absolute Gasteiger partial charge is 0.408 e. The number of benzene rings is 1. The predicted molar refractivity (Wildman–Crippen MR) is 104 cm³/mol. The molecule has 0 aromatic heterocycles. The molecule has 7 heteroatoms. The van der Waals surface area contributed by atoms with Crippen LogP contribution in [0.5, 0.6) is 11.5 Å². The predicted octanol–water partition coefficient (Wildman–Crippen LogP) is 3.28. The molecule has 28 heavy (non-hydrogen) atoms. The van der Waals surface area contributed by atoms with Crippen LogP contribution in [0.2, 0.25) is 0 Å². The van der Waals surface area contributed by atoms with Gasteiger partial charge in [-0.15, -0.1) is 0 Å². The molecule has 1 N–H and O–H groups in total. The van der Waals surface area contributed by atoms with Crippen LogP contribution in [0.4, 0.5) is 4.79 Å². The molecule has 2 amide bonds. The number of alkyl carbamates (subject to hydrolysis) is 1. The number of amides is 2. The van der Waals surface area contributed by atoms with Crippen LogP contribution in [-0.2, 0) is 9.53 Å². The van der Waals surface area contributed by atoms with Gasteiger partial charge in [0.15, 0.2) is 11.5 Å². The second kappa shape index (κ2) is 7.89. The average Bonchev–Trinajstić information content (AvgIpc) is 3.25. The maximum Gasteiger partial charge on any atom is 0.408 e. The van der Waals surface area contributed by atoms with Crippen LogP contribution in [-0.4, -0.2) is 48.4 Å². The molecule has 0 radical (unpaired) electrons. The van der Waals surface area contributed by atoms with Gasteiger partial charge in [0.1, 0.15) is 11.6 Å². The van der Waals surface area contributed by atoms with E-state index < -0.39 is 17.7 Å². The van der Waals surface area contributed by atoms with E-state index in [2.05, 4.69) is 5.32 Å². The summed E-state index contributed by atoms with van der Waals surface area (Å²) in [6.07, 6.45) is 0.314. The van der Waals surface area contributed by atoms with E-state index in [4.69, 9.17) is 14.2 Å². The summed E-state index contributed by atoms with van der Waals surface area (Å²) in [5.74, 6) is 1.66. The number of nitrogens with one attached hydrogen (secondary N) is 1. The van der Waals surface area contributed by atoms with Gasteiger partial charge in [-0.2, -0.15) is 0 Å². The first-order chi connectivity index (χ1) is 13.1. The molecule has 0 saturated carbocycles. The van der Waals surface area contributed by atoms with Crippen molar-refractivity contribution in [3.63, 3.8) is 0 Å². The number of rotatable bonds is 4. The van der Waals surface area contributed by atoms with E-state index in [1.54, 1.807) is 20.8 Å². The van der Waals surface area contributed by atoms with E-state index in [0.29, 0.717) is 13.1 Å². The zero-order valence-corrected chi connectivity index (χ0v) is 17.3. The quantitative estimate of drug-likeness (QED) is 0.854. The fourth-order valence-corrected chi connectivity index (χ4v) is 3.54. The molecule has 2 heterocycles. The van der Waals surface area contributed by atoms with Gasteiger partial charge in [0, 0.05) is 19.0 Å². The van der Waals surface area contributed by atoms with Crippen molar-refractivity contribution in [2.24, 2.45) is 5.92 Å². The van der Waals surface area contributed by atoms with Crippen molar-refractivity contribution in [1.29, 1.82) is 0 Å². The van der Waals surface area contributed by atoms with E-state index in [0.717, 1.165) is 23.5 Å². The molecule has 154 valence electrons. The van der Waals surface area contributed by atoms with Crippen molar-refractivity contribution in [2.45, 2.75) is 58.6 Å². The molecule has 0 aliphatic carbocycles. The SMILES string of the molecule is CC(C)C(NC(=O)OC(C)(C)C)C(=O)N1CCC(c2ccc3c(c2)OCO3)C1. The van der Waals surface area contributed by atoms with Gasteiger partial charge in [-0.05, 0) is 50.8 Å². The van der Waals surface area contributed by atoms with Crippen molar-refractivity contribution >= 4 is 12.0 Å². The number of hydrogen-bond donors (Lipinski definition) is 1. The summed E-state index contributed by atoms with van der Waals surface area (Å²) < 4.78 is 16.1. The normalized spacial score (nSPS) is 19.6. The number of hydrogen-bond acceptors (Lipinski definition) is 5. The highest BCUT2D eigenvalue weighted by molar-refractivity contribution is 5.86. The van der Waals surface area contributed by atoms with Crippen LogP contribution < -0.4 is 14.8 Å². The zero-order chi connectivity index (χ0) is 20.5. The molecule has 0 bridgehead atoms. The van der Waals surface area contributed by atoms with E-state index >= 15 is 0 Å². The summed E-state index contributed by atoms with van der Waals surface area (Å²) in [6, 6.07) is 5.35. The first-order valence-electron chi connectivity index (χ1n) is 9.82. The maximum atomic E-state index is 13.1. The first-order valence-corrected chi connectivity index (χ1v) is 9.82. The number of fused-ring (bicyclic) bond motifs is 1. The molecule has 0 spiro atoms. The second-order valence-electron chi connectivity index (χ2n) is 8.75. The van der Waals surface area contributed by atoms with Gasteiger partial charge in [0.25, 0.3) is 0 Å². The molecule has 1 aromatic carbocycles. The van der Waals surface area contributed by atoms with E-state index in [9.17, 15) is 9.59 Å². The maximum absolute atomic E-state index is 13.1. The van der Waals surface area contributed by atoms with Gasteiger partial charge in [-0.1, -0.05) is 19.9 Å². The van der Waals surface area contributed by atoms with E-state index in [-0.39, 0.29) is 24.5 Å². The summed E-state index contributed by atoms with van der Waals surface area (Å²) in [4.78, 5) is 27.1. The fraction of sp³-hybridized carbons (Fsp3) is 0.619. The number of carbonyl (C=O) groups is 2. The Labute approximate surface area is 166 Å². The molecule has 3 rings (SSSR count). The Hall–Kier alpha value is -2.44. The molecule has 1 saturated heterocycles. The Balaban J connectivity index is 1.63. The molecule has 7 nitrogen and oxygen atoms in total. The Morgan fingerprint density at radius 1 is 1.21 bits per heavy atom. The molecule has 2 aliphatic rings. The number of ether oxygens (including phenoxy) is 3. The largest absolute Gasteiger partial charge is 0.454 e. The molecule has 1 aromatic rings. The lowest BCUT2D eigenvalue weighted by Crippen LogP contribution is -2.51. The fourth-order valence-electron chi connectivity index (χ4n) is 3.54. The molecule has 2 unspecified atom stereocenters. The summed E-state index contributed by atoms with van der Waals surface area (Å²) >= 11 is 0. The standard InChI is InChI=1S/C21H30N2O5/c1-13(2)18(22-20(25)28-21(3,4)5)19(24)23-9-8-15(11-23)14-6-7-16-17(10-14)27-12-26-16/h6-7,10,13,15,18H,8-9,11-12H2,1-5H3,(H,22,25). The van der Waals surface area contributed by atoms with Crippen LogP contribution >= 0.6 is 0 Å². The van der Waals surface area contributed by atoms with Crippen LogP contribution in [0.15, 0.2) is 18.2 Å².